The summed E-state index contributed by atoms with van der Waals surface area (Å²) in [5.41, 5.74) is 8.06. The normalized spacial score (nSPS) is 10.9. The van der Waals surface area contributed by atoms with Gasteiger partial charge in [-0.05, 0) is 30.6 Å². The molecule has 0 aliphatic heterocycles. The van der Waals surface area contributed by atoms with Crippen molar-refractivity contribution in [1.82, 2.24) is 9.78 Å². The fourth-order valence-electron chi connectivity index (χ4n) is 1.42. The van der Waals surface area contributed by atoms with Gasteiger partial charge in [0.15, 0.2) is 5.15 Å². The zero-order chi connectivity index (χ0) is 15.3. The Morgan fingerprint density at radius 3 is 2.85 bits per heavy atom. The summed E-state index contributed by atoms with van der Waals surface area (Å²) in [6.45, 7) is 3.35. The van der Waals surface area contributed by atoms with Gasteiger partial charge in [0.2, 0.25) is 5.43 Å². The number of hydrogen-bond donors (Lipinski definition) is 0. The molecule has 0 bridgehead atoms. The van der Waals surface area contributed by atoms with Gasteiger partial charge in [-0.3, -0.25) is 9.48 Å². The molecule has 106 valence electrons. The van der Waals surface area contributed by atoms with Crippen LogP contribution in [0.15, 0.2) is 15.5 Å². The molecular formula is C11H12ClN5O3. The number of halogens is 1. The van der Waals surface area contributed by atoms with Gasteiger partial charge in [-0.25, -0.2) is 4.79 Å². The maximum atomic E-state index is 11.9. The second-order valence-electron chi connectivity index (χ2n) is 3.72. The average molecular weight is 298 g/mol. The molecule has 0 amide bonds. The number of ether oxygens (including phenoxy) is 1. The van der Waals surface area contributed by atoms with E-state index in [1.807, 2.05) is 0 Å². The van der Waals surface area contributed by atoms with E-state index < -0.39 is 11.4 Å². The summed E-state index contributed by atoms with van der Waals surface area (Å²) in [5.74, 6) is -0.611. The van der Waals surface area contributed by atoms with E-state index in [-0.39, 0.29) is 28.7 Å². The minimum atomic E-state index is -0.629. The number of azide groups is 1. The minimum absolute atomic E-state index is 0.0177. The van der Waals surface area contributed by atoms with Crippen LogP contribution in [0.2, 0.25) is 5.15 Å². The summed E-state index contributed by atoms with van der Waals surface area (Å²) in [6, 6.07) is 0. The van der Waals surface area contributed by atoms with Gasteiger partial charge in [0, 0.05) is 17.5 Å². The van der Waals surface area contributed by atoms with Crippen LogP contribution in [0.5, 0.6) is 0 Å². The fraction of sp³-hybridized carbons (Fsp3) is 0.364. The summed E-state index contributed by atoms with van der Waals surface area (Å²) in [5, 5.41) is 6.81. The van der Waals surface area contributed by atoms with Crippen molar-refractivity contribution in [2.24, 2.45) is 12.2 Å². The third kappa shape index (κ3) is 3.37. The van der Waals surface area contributed by atoms with Crippen molar-refractivity contribution in [3.63, 3.8) is 0 Å². The lowest BCUT2D eigenvalue weighted by atomic mass is 10.2. The van der Waals surface area contributed by atoms with Crippen LogP contribution < -0.4 is 5.43 Å². The first kappa shape index (κ1) is 15.7. The summed E-state index contributed by atoms with van der Waals surface area (Å²) < 4.78 is 5.97. The summed E-state index contributed by atoms with van der Waals surface area (Å²) >= 11 is 5.69. The van der Waals surface area contributed by atoms with Crippen molar-refractivity contribution in [1.29, 1.82) is 0 Å². The molecule has 20 heavy (non-hydrogen) atoms. The number of hydrogen-bond acceptors (Lipinski definition) is 5. The van der Waals surface area contributed by atoms with E-state index in [9.17, 15) is 9.59 Å². The van der Waals surface area contributed by atoms with E-state index in [0.29, 0.717) is 0 Å². The summed E-state index contributed by atoms with van der Waals surface area (Å²) in [4.78, 5) is 26.1. The number of aromatic nitrogens is 2. The summed E-state index contributed by atoms with van der Waals surface area (Å²) in [6.07, 6.45) is 1.26. The lowest BCUT2D eigenvalue weighted by Gasteiger charge is -2.07. The van der Waals surface area contributed by atoms with Crippen molar-refractivity contribution in [2.45, 2.75) is 13.8 Å². The van der Waals surface area contributed by atoms with Crippen LogP contribution >= 0.6 is 11.6 Å². The molecule has 9 heteroatoms. The number of esters is 1. The highest BCUT2D eigenvalue weighted by Crippen LogP contribution is 2.19. The highest BCUT2D eigenvalue weighted by Gasteiger charge is 2.14. The predicted octanol–water partition coefficient (Wildman–Crippen LogP) is 2.34. The Morgan fingerprint density at radius 2 is 2.30 bits per heavy atom. The summed E-state index contributed by atoms with van der Waals surface area (Å²) in [7, 11) is 1.46. The monoisotopic (exact) mass is 297 g/mol. The number of nitrogens with zero attached hydrogens (tertiary/aromatic N) is 5. The molecule has 1 aromatic rings. The second kappa shape index (κ2) is 6.74. The molecule has 0 fully saturated rings. The van der Waals surface area contributed by atoms with Crippen LogP contribution in [0.25, 0.3) is 16.5 Å². The molecule has 0 unspecified atom stereocenters. The van der Waals surface area contributed by atoms with E-state index in [1.165, 1.54) is 20.0 Å². The van der Waals surface area contributed by atoms with Crippen LogP contribution in [0.4, 0.5) is 5.82 Å². The van der Waals surface area contributed by atoms with Crippen LogP contribution in [0, 0.1) is 0 Å². The Balaban J connectivity index is 3.51. The molecular weight excluding hydrogens is 286 g/mol. The topological polar surface area (TPSA) is 110 Å². The van der Waals surface area contributed by atoms with Crippen LogP contribution in [-0.2, 0) is 16.6 Å². The Hall–Kier alpha value is -2.31. The first-order chi connectivity index (χ1) is 9.42. The standard InChI is InChI=1S/C11H12ClN5O3/c1-4-20-11(19)6(2)5-7-8(18)9(12)15-17(3)10(7)14-16-13/h5H,4H2,1-3H3/b6-5-. The minimum Gasteiger partial charge on any atom is -0.463 e. The van der Waals surface area contributed by atoms with E-state index in [1.54, 1.807) is 6.92 Å². The number of carbonyl (C=O) groups is 1. The van der Waals surface area contributed by atoms with Gasteiger partial charge in [0.05, 0.1) is 12.2 Å². The molecule has 0 aromatic carbocycles. The van der Waals surface area contributed by atoms with Crippen molar-refractivity contribution in [3.05, 3.63) is 37.0 Å². The van der Waals surface area contributed by atoms with Crippen LogP contribution in [0.3, 0.4) is 0 Å². The SMILES string of the molecule is CCOC(=O)/C(C)=C\c1c(N=[N+]=[N-])n(C)nc(Cl)c1=O. The Bertz CT molecular complexity index is 673. The average Bonchev–Trinajstić information content (AvgIpc) is 2.40. The van der Waals surface area contributed by atoms with E-state index in [4.69, 9.17) is 21.9 Å². The molecule has 0 aliphatic carbocycles. The Labute approximate surface area is 119 Å². The van der Waals surface area contributed by atoms with Crippen molar-refractivity contribution >= 4 is 29.5 Å². The Morgan fingerprint density at radius 1 is 1.65 bits per heavy atom. The molecule has 0 aliphatic rings. The molecule has 1 aromatic heterocycles. The van der Waals surface area contributed by atoms with Gasteiger partial charge in [-0.15, -0.1) is 0 Å². The number of rotatable bonds is 4. The van der Waals surface area contributed by atoms with E-state index in [2.05, 4.69) is 15.1 Å². The lowest BCUT2D eigenvalue weighted by Crippen LogP contribution is -2.15. The fourth-order valence-corrected chi connectivity index (χ4v) is 1.64. The molecule has 0 spiro atoms. The third-order valence-electron chi connectivity index (χ3n) is 2.31. The van der Waals surface area contributed by atoms with Crippen LogP contribution in [-0.4, -0.2) is 22.4 Å². The van der Waals surface area contributed by atoms with E-state index >= 15 is 0 Å². The number of aryl methyl sites for hydroxylation is 1. The zero-order valence-electron chi connectivity index (χ0n) is 11.1. The molecule has 1 rings (SSSR count). The number of carbonyl (C=O) groups excluding carboxylic acids is 1. The quantitative estimate of drug-likeness (QED) is 0.279. The third-order valence-corrected chi connectivity index (χ3v) is 2.56. The lowest BCUT2D eigenvalue weighted by molar-refractivity contribution is -0.138. The maximum Gasteiger partial charge on any atom is 0.333 e. The highest BCUT2D eigenvalue weighted by molar-refractivity contribution is 6.29. The largest absolute Gasteiger partial charge is 0.463 e. The molecule has 0 saturated heterocycles. The molecule has 1 heterocycles. The molecule has 0 radical (unpaired) electrons. The Kier molecular flexibility index (Phi) is 5.31. The molecule has 0 N–H and O–H groups in total. The maximum absolute atomic E-state index is 11.9. The van der Waals surface area contributed by atoms with Gasteiger partial charge < -0.3 is 4.74 Å². The smallest absolute Gasteiger partial charge is 0.333 e. The highest BCUT2D eigenvalue weighted by atomic mass is 35.5. The molecule has 8 nitrogen and oxygen atoms in total. The van der Waals surface area contributed by atoms with Gasteiger partial charge in [0.1, 0.15) is 5.82 Å². The molecule has 0 atom stereocenters. The van der Waals surface area contributed by atoms with Gasteiger partial charge in [-0.2, -0.15) is 5.10 Å². The van der Waals surface area contributed by atoms with Gasteiger partial charge in [-0.1, -0.05) is 11.6 Å². The first-order valence-corrected chi connectivity index (χ1v) is 5.97. The predicted molar refractivity (Wildman–Crippen MR) is 73.6 cm³/mol. The van der Waals surface area contributed by atoms with E-state index in [0.717, 1.165) is 4.68 Å². The van der Waals surface area contributed by atoms with Gasteiger partial charge >= 0.3 is 5.97 Å². The first-order valence-electron chi connectivity index (χ1n) is 5.59. The van der Waals surface area contributed by atoms with Gasteiger partial charge in [0.25, 0.3) is 0 Å². The van der Waals surface area contributed by atoms with Crippen molar-refractivity contribution < 1.29 is 9.53 Å². The van der Waals surface area contributed by atoms with Crippen molar-refractivity contribution in [3.8, 4) is 0 Å². The second-order valence-corrected chi connectivity index (χ2v) is 4.08. The molecule has 0 saturated carbocycles. The van der Waals surface area contributed by atoms with Crippen LogP contribution in [0.1, 0.15) is 19.4 Å². The van der Waals surface area contributed by atoms with Crippen molar-refractivity contribution in [2.75, 3.05) is 6.61 Å². The zero-order valence-corrected chi connectivity index (χ0v) is 11.9.